The number of thiazole rings is 1. The molecule has 10 heteroatoms. The van der Waals surface area contributed by atoms with Crippen LogP contribution in [-0.2, 0) is 4.79 Å². The lowest BCUT2D eigenvalue weighted by Crippen LogP contribution is -2.49. The smallest absolute Gasteiger partial charge is 0.326 e. The van der Waals surface area contributed by atoms with E-state index in [0.717, 1.165) is 38.0 Å². The summed E-state index contributed by atoms with van der Waals surface area (Å²) in [4.78, 5) is 36.1. The summed E-state index contributed by atoms with van der Waals surface area (Å²) in [5.41, 5.74) is 4.14. The number of nitrogens with one attached hydrogen (secondary N) is 2. The first-order valence-electron chi connectivity index (χ1n) is 15.6. The molecule has 0 bridgehead atoms. The molecule has 1 aromatic heterocycles. The van der Waals surface area contributed by atoms with Crippen molar-refractivity contribution in [3.05, 3.63) is 138 Å². The Morgan fingerprint density at radius 3 is 2.54 bits per heavy atom. The summed E-state index contributed by atoms with van der Waals surface area (Å²) in [6, 6.07) is 32.8. The van der Waals surface area contributed by atoms with Gasteiger partial charge in [-0.15, -0.1) is 34.9 Å². The third kappa shape index (κ3) is 7.06. The highest BCUT2D eigenvalue weighted by Crippen LogP contribution is 2.44. The molecule has 3 unspecified atom stereocenters. The number of carbonyl (C=O) groups is 2. The van der Waals surface area contributed by atoms with Crippen molar-refractivity contribution in [3.8, 4) is 17.0 Å². The zero-order valence-corrected chi connectivity index (χ0v) is 28.4. The summed E-state index contributed by atoms with van der Waals surface area (Å²) in [6.45, 7) is 2.56. The molecule has 3 atom stereocenters. The Hall–Kier alpha value is -4.77. The Morgan fingerprint density at radius 1 is 0.917 bits per heavy atom. The van der Waals surface area contributed by atoms with Gasteiger partial charge >= 0.3 is 6.03 Å². The number of hydrogen-bond donors (Lipinski definition) is 2. The van der Waals surface area contributed by atoms with Gasteiger partial charge in [0.25, 0.3) is 0 Å². The molecule has 0 spiro atoms. The second-order valence-corrected chi connectivity index (χ2v) is 14.3. The van der Waals surface area contributed by atoms with Crippen LogP contribution >= 0.6 is 34.9 Å². The maximum absolute atomic E-state index is 13.9. The number of thioether (sulfide) groups is 2. The first-order chi connectivity index (χ1) is 23.6. The Kier molecular flexibility index (Phi) is 9.65. The van der Waals surface area contributed by atoms with Crippen molar-refractivity contribution in [2.24, 2.45) is 0 Å². The number of fused-ring (bicyclic) bond motifs is 2. The minimum Gasteiger partial charge on any atom is -0.494 e. The van der Waals surface area contributed by atoms with Gasteiger partial charge in [0.05, 0.1) is 29.3 Å². The number of amides is 3. The number of ether oxygens (including phenoxy) is 1. The van der Waals surface area contributed by atoms with E-state index in [4.69, 9.17) is 4.74 Å². The van der Waals surface area contributed by atoms with Crippen molar-refractivity contribution in [3.63, 3.8) is 0 Å². The van der Waals surface area contributed by atoms with Crippen LogP contribution in [0.2, 0.25) is 0 Å². The van der Waals surface area contributed by atoms with Crippen LogP contribution in [0.15, 0.2) is 143 Å². The summed E-state index contributed by atoms with van der Waals surface area (Å²) in [6.07, 6.45) is 8.25. The van der Waals surface area contributed by atoms with Gasteiger partial charge in [-0.3, -0.25) is 9.69 Å². The summed E-state index contributed by atoms with van der Waals surface area (Å²) >= 11 is 4.58. The van der Waals surface area contributed by atoms with Crippen molar-refractivity contribution in [2.75, 3.05) is 22.1 Å². The van der Waals surface area contributed by atoms with Gasteiger partial charge in [-0.25, -0.2) is 9.78 Å². The summed E-state index contributed by atoms with van der Waals surface area (Å²) in [7, 11) is 0. The largest absolute Gasteiger partial charge is 0.494 e. The number of carbonyl (C=O) groups excluding carboxylic acids is 2. The van der Waals surface area contributed by atoms with Crippen molar-refractivity contribution < 1.29 is 14.3 Å². The van der Waals surface area contributed by atoms with Gasteiger partial charge in [-0.1, -0.05) is 72.8 Å². The summed E-state index contributed by atoms with van der Waals surface area (Å²) in [5.74, 6) is 0.624. The van der Waals surface area contributed by atoms with Crippen LogP contribution in [0.3, 0.4) is 0 Å². The molecule has 240 valence electrons. The Bertz CT molecular complexity index is 1980. The van der Waals surface area contributed by atoms with Gasteiger partial charge in [-0.05, 0) is 67.1 Å². The molecule has 0 saturated heterocycles. The molecule has 1 aliphatic carbocycles. The number of rotatable bonds is 9. The van der Waals surface area contributed by atoms with E-state index in [0.29, 0.717) is 17.4 Å². The zero-order chi connectivity index (χ0) is 32.9. The molecular formula is C38H32N4O3S3. The first kappa shape index (κ1) is 31.8. The lowest BCUT2D eigenvalue weighted by molar-refractivity contribution is -0.115. The fourth-order valence-electron chi connectivity index (χ4n) is 5.62. The highest BCUT2D eigenvalue weighted by molar-refractivity contribution is 8.00. The number of para-hydroxylation sites is 1. The minimum atomic E-state index is -0.555. The first-order valence-corrected chi connectivity index (χ1v) is 18.2. The fraction of sp³-hybridized carbons (Fsp3) is 0.132. The van der Waals surface area contributed by atoms with Gasteiger partial charge in [0.1, 0.15) is 11.0 Å². The topological polar surface area (TPSA) is 83.6 Å². The molecule has 0 radical (unpaired) electrons. The fourth-order valence-corrected chi connectivity index (χ4v) is 8.68. The Morgan fingerprint density at radius 2 is 1.71 bits per heavy atom. The van der Waals surface area contributed by atoms with Crippen LogP contribution in [0.4, 0.5) is 21.3 Å². The molecular weight excluding hydrogens is 657 g/mol. The normalized spacial score (nSPS) is 16.8. The van der Waals surface area contributed by atoms with E-state index < -0.39 is 5.25 Å². The number of allylic oxidation sites excluding steroid dienone is 2. The quantitative estimate of drug-likeness (QED) is 0.150. The van der Waals surface area contributed by atoms with E-state index in [-0.39, 0.29) is 23.2 Å². The molecule has 4 aromatic carbocycles. The highest BCUT2D eigenvalue weighted by Gasteiger charge is 2.36. The molecule has 2 heterocycles. The molecule has 7 rings (SSSR count). The Labute approximate surface area is 292 Å². The van der Waals surface area contributed by atoms with Crippen LogP contribution in [0.1, 0.15) is 17.7 Å². The third-order valence-electron chi connectivity index (χ3n) is 7.84. The molecule has 3 amide bonds. The molecule has 7 nitrogen and oxygen atoms in total. The number of hydrogen-bond acceptors (Lipinski definition) is 7. The SMILES string of the molecule is CCOc1ccc(-c2csc(NC(=O)C(Sc3cccc(NC(=O)N4c5ccccc5SC5C=CC=CC54)c3)c3ccccc3)n2)cc1. The van der Waals surface area contributed by atoms with E-state index in [1.807, 2.05) is 126 Å². The van der Waals surface area contributed by atoms with E-state index in [1.165, 1.54) is 23.1 Å². The van der Waals surface area contributed by atoms with Gasteiger partial charge in [0, 0.05) is 26.4 Å². The van der Waals surface area contributed by atoms with Crippen molar-refractivity contribution in [1.82, 2.24) is 4.98 Å². The maximum Gasteiger partial charge on any atom is 0.326 e. The van der Waals surface area contributed by atoms with E-state index in [1.54, 1.807) is 11.8 Å². The number of urea groups is 1. The number of anilines is 3. The van der Waals surface area contributed by atoms with Crippen LogP contribution in [0.25, 0.3) is 11.3 Å². The Balaban J connectivity index is 1.08. The second-order valence-electron chi connectivity index (χ2n) is 11.0. The van der Waals surface area contributed by atoms with E-state index in [9.17, 15) is 9.59 Å². The molecule has 1 aliphatic heterocycles. The highest BCUT2D eigenvalue weighted by atomic mass is 32.2. The number of nitrogens with zero attached hydrogens (tertiary/aromatic N) is 2. The number of aromatic nitrogens is 1. The van der Waals surface area contributed by atoms with Crippen LogP contribution < -0.4 is 20.3 Å². The van der Waals surface area contributed by atoms with Crippen LogP contribution in [-0.4, -0.2) is 34.8 Å². The lowest BCUT2D eigenvalue weighted by atomic mass is 10.1. The van der Waals surface area contributed by atoms with Crippen LogP contribution in [0, 0.1) is 0 Å². The average Bonchev–Trinajstić information content (AvgIpc) is 3.58. The average molecular weight is 689 g/mol. The second kappa shape index (κ2) is 14.6. The predicted molar refractivity (Wildman–Crippen MR) is 198 cm³/mol. The molecule has 0 saturated carbocycles. The van der Waals surface area contributed by atoms with Crippen LogP contribution in [0.5, 0.6) is 5.75 Å². The minimum absolute atomic E-state index is 0.0978. The summed E-state index contributed by atoms with van der Waals surface area (Å²) < 4.78 is 5.55. The predicted octanol–water partition coefficient (Wildman–Crippen LogP) is 9.69. The zero-order valence-electron chi connectivity index (χ0n) is 26.0. The lowest BCUT2D eigenvalue weighted by Gasteiger charge is -2.40. The van der Waals surface area contributed by atoms with Crippen molar-refractivity contribution >= 4 is 63.3 Å². The van der Waals surface area contributed by atoms with Crippen molar-refractivity contribution in [2.45, 2.75) is 33.3 Å². The summed E-state index contributed by atoms with van der Waals surface area (Å²) in [5, 5.41) is 8.21. The van der Waals surface area contributed by atoms with E-state index >= 15 is 0 Å². The molecule has 2 N–H and O–H groups in total. The molecule has 0 fully saturated rings. The van der Waals surface area contributed by atoms with Crippen molar-refractivity contribution in [1.29, 1.82) is 0 Å². The third-order valence-corrected chi connectivity index (χ3v) is 11.1. The van der Waals surface area contributed by atoms with Gasteiger partial charge in [-0.2, -0.15) is 0 Å². The van der Waals surface area contributed by atoms with Gasteiger partial charge in [0.2, 0.25) is 5.91 Å². The maximum atomic E-state index is 13.9. The standard InChI is InChI=1S/C38H32N4O3S3/c1-2-45-28-21-19-25(20-22-28)30-24-46-37(40-30)41-36(43)35(26-11-4-3-5-12-26)47-29-14-10-13-27(23-29)39-38(44)42-31-15-6-8-17-33(31)48-34-18-9-7-16-32(34)42/h3-24,31,33,35H,2H2,1H3,(H,39,44)(H,40,41,43). The molecule has 48 heavy (non-hydrogen) atoms. The molecule has 5 aromatic rings. The van der Waals surface area contributed by atoms with Gasteiger partial charge in [0.15, 0.2) is 5.13 Å². The van der Waals surface area contributed by atoms with Gasteiger partial charge < -0.3 is 15.4 Å². The number of benzene rings is 4. The molecule has 2 aliphatic rings. The van der Waals surface area contributed by atoms with E-state index in [2.05, 4.69) is 33.8 Å². The monoisotopic (exact) mass is 688 g/mol.